The first-order valence-corrected chi connectivity index (χ1v) is 6.98. The fourth-order valence-electron chi connectivity index (χ4n) is 0.985. The van der Waals surface area contributed by atoms with E-state index < -0.39 is 0 Å². The number of thiazole rings is 1. The third-order valence-electron chi connectivity index (χ3n) is 1.99. The van der Waals surface area contributed by atoms with Crippen LogP contribution in [0.1, 0.15) is 44.9 Å². The third kappa shape index (κ3) is 4.01. The van der Waals surface area contributed by atoms with Crippen LogP contribution in [0.15, 0.2) is 10.5 Å². The van der Waals surface area contributed by atoms with E-state index in [2.05, 4.69) is 32.7 Å². The zero-order chi connectivity index (χ0) is 10.6. The number of rotatable bonds is 5. The van der Waals surface area contributed by atoms with Gasteiger partial charge in [0.15, 0.2) is 0 Å². The Hall–Kier alpha value is -0.0200. The van der Waals surface area contributed by atoms with Crippen LogP contribution in [0.5, 0.6) is 0 Å². The van der Waals surface area contributed by atoms with Crippen molar-refractivity contribution >= 4 is 23.1 Å². The molecule has 1 heterocycles. The van der Waals surface area contributed by atoms with Gasteiger partial charge in [-0.3, -0.25) is 0 Å². The number of aromatic nitrogens is 1. The average molecular weight is 229 g/mol. The molecule has 0 fully saturated rings. The van der Waals surface area contributed by atoms with E-state index in [1.807, 2.05) is 29.3 Å². The van der Waals surface area contributed by atoms with Crippen LogP contribution in [0.4, 0.5) is 0 Å². The van der Waals surface area contributed by atoms with Gasteiger partial charge in [-0.15, -0.1) is 11.3 Å². The molecule has 0 radical (unpaired) electrons. The molecule has 3 heteroatoms. The van der Waals surface area contributed by atoms with Gasteiger partial charge in [0.1, 0.15) is 4.34 Å². The fourth-order valence-corrected chi connectivity index (χ4v) is 3.30. The van der Waals surface area contributed by atoms with Gasteiger partial charge in [-0.1, -0.05) is 39.5 Å². The molecule has 0 aromatic carbocycles. The number of hydrogen-bond acceptors (Lipinski definition) is 3. The molecule has 0 N–H and O–H groups in total. The van der Waals surface area contributed by atoms with Gasteiger partial charge in [0, 0.05) is 16.8 Å². The van der Waals surface area contributed by atoms with Crippen molar-refractivity contribution in [1.82, 2.24) is 4.98 Å². The Bertz CT molecular complexity index is 266. The van der Waals surface area contributed by atoms with Crippen molar-refractivity contribution in [3.63, 3.8) is 0 Å². The van der Waals surface area contributed by atoms with E-state index in [0.29, 0.717) is 5.92 Å². The van der Waals surface area contributed by atoms with Crippen LogP contribution in [0.3, 0.4) is 0 Å². The Balaban J connectivity index is 2.36. The van der Waals surface area contributed by atoms with Crippen LogP contribution in [0.25, 0.3) is 0 Å². The molecule has 1 nitrogen and oxygen atoms in total. The van der Waals surface area contributed by atoms with Gasteiger partial charge in [0.25, 0.3) is 0 Å². The Morgan fingerprint density at radius 2 is 2.07 bits per heavy atom. The smallest absolute Gasteiger partial charge is 0.150 e. The summed E-state index contributed by atoms with van der Waals surface area (Å²) in [6.07, 6.45) is 3.30. The molecule has 0 aliphatic heterocycles. The largest absolute Gasteiger partial charge is 0.238 e. The highest BCUT2D eigenvalue weighted by Gasteiger charge is 2.05. The van der Waals surface area contributed by atoms with Crippen LogP contribution in [0, 0.1) is 5.92 Å². The standard InChI is InChI=1S/C11H19NS2/c1-8(2)5-6-13-11-12-7-10(14-11)9(3)4/h7-9H,5-6H2,1-4H3. The number of thioether (sulfide) groups is 1. The van der Waals surface area contributed by atoms with Gasteiger partial charge in [-0.05, 0) is 18.3 Å². The minimum atomic E-state index is 0.618. The first-order chi connectivity index (χ1) is 6.59. The van der Waals surface area contributed by atoms with E-state index >= 15 is 0 Å². The van der Waals surface area contributed by atoms with Gasteiger partial charge < -0.3 is 0 Å². The topological polar surface area (TPSA) is 12.9 Å². The zero-order valence-electron chi connectivity index (χ0n) is 9.41. The summed E-state index contributed by atoms with van der Waals surface area (Å²) >= 11 is 3.74. The van der Waals surface area contributed by atoms with Crippen molar-refractivity contribution in [2.24, 2.45) is 5.92 Å². The number of nitrogens with zero attached hydrogens (tertiary/aromatic N) is 1. The lowest BCUT2D eigenvalue weighted by Gasteiger charge is -2.01. The molecule has 80 valence electrons. The molecule has 0 aliphatic rings. The van der Waals surface area contributed by atoms with E-state index in [4.69, 9.17) is 0 Å². The molecule has 1 aromatic rings. The van der Waals surface area contributed by atoms with Gasteiger partial charge in [0.2, 0.25) is 0 Å². The predicted molar refractivity (Wildman–Crippen MR) is 66.4 cm³/mol. The van der Waals surface area contributed by atoms with E-state index in [9.17, 15) is 0 Å². The van der Waals surface area contributed by atoms with Crippen molar-refractivity contribution < 1.29 is 0 Å². The average Bonchev–Trinajstić information content (AvgIpc) is 2.52. The maximum absolute atomic E-state index is 4.42. The summed E-state index contributed by atoms with van der Waals surface area (Å²) in [7, 11) is 0. The molecular formula is C11H19NS2. The zero-order valence-corrected chi connectivity index (χ0v) is 11.0. The molecule has 0 atom stereocenters. The van der Waals surface area contributed by atoms with Crippen molar-refractivity contribution in [3.05, 3.63) is 11.1 Å². The molecule has 0 saturated carbocycles. The highest BCUT2D eigenvalue weighted by atomic mass is 32.2. The predicted octanol–water partition coefficient (Wildman–Crippen LogP) is 4.40. The molecular weight excluding hydrogens is 210 g/mol. The van der Waals surface area contributed by atoms with E-state index in [-0.39, 0.29) is 0 Å². The molecule has 0 saturated heterocycles. The van der Waals surface area contributed by atoms with Crippen molar-refractivity contribution in [1.29, 1.82) is 0 Å². The van der Waals surface area contributed by atoms with Crippen molar-refractivity contribution in [2.75, 3.05) is 5.75 Å². The van der Waals surface area contributed by atoms with Crippen LogP contribution >= 0.6 is 23.1 Å². The summed E-state index contributed by atoms with van der Waals surface area (Å²) in [5.74, 6) is 2.61. The molecule has 1 aromatic heterocycles. The lowest BCUT2D eigenvalue weighted by molar-refractivity contribution is 0.632. The van der Waals surface area contributed by atoms with E-state index in [1.165, 1.54) is 21.4 Å². The second-order valence-electron chi connectivity index (χ2n) is 4.21. The Kier molecular flexibility index (Phi) is 4.96. The monoisotopic (exact) mass is 229 g/mol. The molecule has 0 spiro atoms. The molecule has 0 bridgehead atoms. The lowest BCUT2D eigenvalue weighted by Crippen LogP contribution is -1.88. The summed E-state index contributed by atoms with van der Waals surface area (Å²) in [6, 6.07) is 0. The summed E-state index contributed by atoms with van der Waals surface area (Å²) in [6.45, 7) is 8.97. The Morgan fingerprint density at radius 1 is 1.36 bits per heavy atom. The SMILES string of the molecule is CC(C)CCSc1ncc(C(C)C)s1. The first-order valence-electron chi connectivity index (χ1n) is 5.18. The van der Waals surface area contributed by atoms with Gasteiger partial charge in [-0.25, -0.2) is 4.98 Å². The second kappa shape index (κ2) is 5.76. The maximum Gasteiger partial charge on any atom is 0.150 e. The highest BCUT2D eigenvalue weighted by Crippen LogP contribution is 2.29. The molecule has 0 amide bonds. The second-order valence-corrected chi connectivity index (χ2v) is 6.62. The fraction of sp³-hybridized carbons (Fsp3) is 0.727. The first kappa shape index (κ1) is 12.1. The van der Waals surface area contributed by atoms with Gasteiger partial charge in [-0.2, -0.15) is 0 Å². The van der Waals surface area contributed by atoms with Crippen LogP contribution in [-0.4, -0.2) is 10.7 Å². The van der Waals surface area contributed by atoms with Gasteiger partial charge in [0.05, 0.1) is 0 Å². The van der Waals surface area contributed by atoms with Gasteiger partial charge >= 0.3 is 0 Å². The van der Waals surface area contributed by atoms with Crippen molar-refractivity contribution in [2.45, 2.75) is 44.4 Å². The lowest BCUT2D eigenvalue weighted by atomic mass is 10.2. The minimum Gasteiger partial charge on any atom is -0.238 e. The van der Waals surface area contributed by atoms with Crippen LogP contribution < -0.4 is 0 Å². The minimum absolute atomic E-state index is 0.618. The highest BCUT2D eigenvalue weighted by molar-refractivity contribution is 8.01. The van der Waals surface area contributed by atoms with E-state index in [1.54, 1.807) is 0 Å². The molecule has 14 heavy (non-hydrogen) atoms. The Morgan fingerprint density at radius 3 is 2.57 bits per heavy atom. The summed E-state index contributed by atoms with van der Waals surface area (Å²) in [5, 5.41) is 0. The third-order valence-corrected chi connectivity index (χ3v) is 4.48. The Labute approximate surface area is 95.3 Å². The molecule has 0 unspecified atom stereocenters. The normalized spacial score (nSPS) is 11.6. The maximum atomic E-state index is 4.42. The van der Waals surface area contributed by atoms with Crippen LogP contribution in [0.2, 0.25) is 0 Å². The van der Waals surface area contributed by atoms with E-state index in [0.717, 1.165) is 5.92 Å². The quantitative estimate of drug-likeness (QED) is 0.694. The van der Waals surface area contributed by atoms with Crippen LogP contribution in [-0.2, 0) is 0 Å². The summed E-state index contributed by atoms with van der Waals surface area (Å²) in [5.41, 5.74) is 0. The summed E-state index contributed by atoms with van der Waals surface area (Å²) in [4.78, 5) is 5.82. The summed E-state index contributed by atoms with van der Waals surface area (Å²) < 4.78 is 1.23. The van der Waals surface area contributed by atoms with Crippen molar-refractivity contribution in [3.8, 4) is 0 Å². The molecule has 0 aliphatic carbocycles. The number of hydrogen-bond donors (Lipinski definition) is 0. The molecule has 1 rings (SSSR count).